The summed E-state index contributed by atoms with van der Waals surface area (Å²) in [5, 5.41) is 0. The Bertz CT molecular complexity index is 323. The lowest BCUT2D eigenvalue weighted by molar-refractivity contribution is 0.578. The third kappa shape index (κ3) is 2.97. The molecular weight excluding hydrogens is 297 g/mol. The first kappa shape index (κ1) is 11.0. The number of nitrogens with zero attached hydrogens (tertiary/aromatic N) is 1. The SMILES string of the molecule is IC=Cc1ccc(N2CCCCC2)cc1. The van der Waals surface area contributed by atoms with Gasteiger partial charge in [-0.05, 0) is 47.1 Å². The fourth-order valence-electron chi connectivity index (χ4n) is 2.02. The molecule has 15 heavy (non-hydrogen) atoms. The van der Waals surface area contributed by atoms with Crippen molar-refractivity contribution < 1.29 is 0 Å². The number of halogens is 1. The Kier molecular flexibility index (Phi) is 4.06. The van der Waals surface area contributed by atoms with Crippen molar-refractivity contribution in [3.05, 3.63) is 33.9 Å². The predicted octanol–water partition coefficient (Wildman–Crippen LogP) is 4.08. The average molecular weight is 313 g/mol. The molecule has 2 heteroatoms. The molecule has 1 nitrogen and oxygen atoms in total. The van der Waals surface area contributed by atoms with E-state index >= 15 is 0 Å². The highest BCUT2D eigenvalue weighted by molar-refractivity contribution is 14.1. The second-order valence-corrected chi connectivity index (χ2v) is 4.65. The third-order valence-corrected chi connectivity index (χ3v) is 3.23. The number of rotatable bonds is 2. The van der Waals surface area contributed by atoms with Crippen LogP contribution in [-0.2, 0) is 0 Å². The maximum absolute atomic E-state index is 2.49. The quantitative estimate of drug-likeness (QED) is 0.744. The van der Waals surface area contributed by atoms with E-state index < -0.39 is 0 Å². The van der Waals surface area contributed by atoms with Gasteiger partial charge in [0.1, 0.15) is 0 Å². The normalized spacial score (nSPS) is 17.3. The molecule has 1 aromatic carbocycles. The second-order valence-electron chi connectivity index (χ2n) is 3.93. The monoisotopic (exact) mass is 313 g/mol. The minimum atomic E-state index is 1.22. The molecule has 2 rings (SSSR count). The Balaban J connectivity index is 2.08. The van der Waals surface area contributed by atoms with Gasteiger partial charge in [-0.1, -0.05) is 34.7 Å². The van der Waals surface area contributed by atoms with Crippen molar-refractivity contribution in [2.24, 2.45) is 0 Å². The largest absolute Gasteiger partial charge is 0.372 e. The highest BCUT2D eigenvalue weighted by Gasteiger charge is 2.09. The Morgan fingerprint density at radius 2 is 1.67 bits per heavy atom. The lowest BCUT2D eigenvalue weighted by Gasteiger charge is -2.28. The molecule has 0 unspecified atom stereocenters. The zero-order valence-corrected chi connectivity index (χ0v) is 11.0. The fraction of sp³-hybridized carbons (Fsp3) is 0.385. The summed E-state index contributed by atoms with van der Waals surface area (Å²) < 4.78 is 2.05. The first-order chi connectivity index (χ1) is 7.40. The summed E-state index contributed by atoms with van der Waals surface area (Å²) in [5.74, 6) is 0. The summed E-state index contributed by atoms with van der Waals surface area (Å²) in [4.78, 5) is 2.49. The molecule has 0 bridgehead atoms. The standard InChI is InChI=1S/C13H16IN/c14-9-8-12-4-6-13(7-5-12)15-10-2-1-3-11-15/h4-9H,1-3,10-11H2. The van der Waals surface area contributed by atoms with E-state index in [1.54, 1.807) is 0 Å². The van der Waals surface area contributed by atoms with Gasteiger partial charge in [0.25, 0.3) is 0 Å². The summed E-state index contributed by atoms with van der Waals surface area (Å²) in [7, 11) is 0. The zero-order valence-electron chi connectivity index (χ0n) is 8.82. The lowest BCUT2D eigenvalue weighted by Crippen LogP contribution is -2.29. The first-order valence-electron chi connectivity index (χ1n) is 5.52. The van der Waals surface area contributed by atoms with Crippen LogP contribution < -0.4 is 4.90 Å². The number of piperidine rings is 1. The molecule has 80 valence electrons. The van der Waals surface area contributed by atoms with Gasteiger partial charge < -0.3 is 4.90 Å². The number of hydrogen-bond donors (Lipinski definition) is 0. The molecule has 1 aliphatic heterocycles. The van der Waals surface area contributed by atoms with Crippen LogP contribution in [0, 0.1) is 0 Å². The van der Waals surface area contributed by atoms with Crippen molar-refractivity contribution in [3.8, 4) is 0 Å². The summed E-state index contributed by atoms with van der Waals surface area (Å²) in [6.45, 7) is 2.45. The van der Waals surface area contributed by atoms with Gasteiger partial charge in [-0.25, -0.2) is 0 Å². The molecular formula is C13H16IN. The molecule has 0 spiro atoms. The van der Waals surface area contributed by atoms with Crippen molar-refractivity contribution in [2.45, 2.75) is 19.3 Å². The maximum Gasteiger partial charge on any atom is 0.0366 e. The van der Waals surface area contributed by atoms with Crippen LogP contribution in [-0.4, -0.2) is 13.1 Å². The summed E-state index contributed by atoms with van der Waals surface area (Å²) in [5.41, 5.74) is 2.66. The molecule has 1 saturated heterocycles. The molecule has 0 atom stereocenters. The van der Waals surface area contributed by atoms with Crippen LogP contribution in [0.5, 0.6) is 0 Å². The van der Waals surface area contributed by atoms with E-state index in [0.29, 0.717) is 0 Å². The summed E-state index contributed by atoms with van der Waals surface area (Å²) in [6.07, 6.45) is 6.21. The minimum Gasteiger partial charge on any atom is -0.372 e. The molecule has 0 aliphatic carbocycles. The molecule has 0 amide bonds. The van der Waals surface area contributed by atoms with Gasteiger partial charge in [-0.15, -0.1) is 0 Å². The van der Waals surface area contributed by atoms with Gasteiger partial charge in [0.15, 0.2) is 0 Å². The topological polar surface area (TPSA) is 3.24 Å². The van der Waals surface area contributed by atoms with Crippen molar-refractivity contribution >= 4 is 34.4 Å². The van der Waals surface area contributed by atoms with Gasteiger partial charge in [-0.2, -0.15) is 0 Å². The van der Waals surface area contributed by atoms with E-state index in [1.807, 2.05) is 4.08 Å². The van der Waals surface area contributed by atoms with Gasteiger partial charge in [0.2, 0.25) is 0 Å². The Morgan fingerprint density at radius 1 is 1.00 bits per heavy atom. The second kappa shape index (κ2) is 5.54. The van der Waals surface area contributed by atoms with E-state index in [0.717, 1.165) is 0 Å². The van der Waals surface area contributed by atoms with Crippen LogP contribution in [0.25, 0.3) is 6.08 Å². The van der Waals surface area contributed by atoms with Crippen molar-refractivity contribution in [2.75, 3.05) is 18.0 Å². The highest BCUT2D eigenvalue weighted by Crippen LogP contribution is 2.20. The van der Waals surface area contributed by atoms with Gasteiger partial charge >= 0.3 is 0 Å². The molecule has 0 N–H and O–H groups in total. The Labute approximate surface area is 105 Å². The smallest absolute Gasteiger partial charge is 0.0366 e. The number of benzene rings is 1. The molecule has 0 aromatic heterocycles. The Hall–Kier alpha value is -0.510. The summed E-state index contributed by atoms with van der Waals surface area (Å²) in [6, 6.07) is 8.85. The maximum atomic E-state index is 2.49. The Morgan fingerprint density at radius 3 is 2.27 bits per heavy atom. The zero-order chi connectivity index (χ0) is 10.5. The van der Waals surface area contributed by atoms with E-state index in [9.17, 15) is 0 Å². The minimum absolute atomic E-state index is 1.22. The molecule has 1 aromatic rings. The number of anilines is 1. The summed E-state index contributed by atoms with van der Waals surface area (Å²) >= 11 is 2.25. The highest BCUT2D eigenvalue weighted by atomic mass is 127. The van der Waals surface area contributed by atoms with Crippen LogP contribution >= 0.6 is 22.6 Å². The first-order valence-corrected chi connectivity index (χ1v) is 6.76. The van der Waals surface area contributed by atoms with E-state index in [-0.39, 0.29) is 0 Å². The molecule has 0 saturated carbocycles. The lowest BCUT2D eigenvalue weighted by atomic mass is 10.1. The van der Waals surface area contributed by atoms with Crippen LogP contribution in [0.3, 0.4) is 0 Å². The van der Waals surface area contributed by atoms with Crippen LogP contribution in [0.1, 0.15) is 24.8 Å². The van der Waals surface area contributed by atoms with Crippen LogP contribution in [0.2, 0.25) is 0 Å². The van der Waals surface area contributed by atoms with Crippen molar-refractivity contribution in [1.82, 2.24) is 0 Å². The van der Waals surface area contributed by atoms with Gasteiger partial charge in [0, 0.05) is 18.8 Å². The van der Waals surface area contributed by atoms with E-state index in [4.69, 9.17) is 0 Å². The molecule has 1 heterocycles. The van der Waals surface area contributed by atoms with Gasteiger partial charge in [-0.3, -0.25) is 0 Å². The molecule has 1 aliphatic rings. The predicted molar refractivity (Wildman–Crippen MR) is 75.6 cm³/mol. The molecule has 0 radical (unpaired) electrons. The van der Waals surface area contributed by atoms with Gasteiger partial charge in [0.05, 0.1) is 0 Å². The molecule has 1 fully saturated rings. The van der Waals surface area contributed by atoms with Crippen LogP contribution in [0.4, 0.5) is 5.69 Å². The number of hydrogen-bond acceptors (Lipinski definition) is 1. The van der Waals surface area contributed by atoms with Crippen LogP contribution in [0.15, 0.2) is 28.3 Å². The average Bonchev–Trinajstić information content (AvgIpc) is 2.32. The van der Waals surface area contributed by atoms with E-state index in [2.05, 4.69) is 57.8 Å². The third-order valence-electron chi connectivity index (χ3n) is 2.87. The van der Waals surface area contributed by atoms with E-state index in [1.165, 1.54) is 43.6 Å². The van der Waals surface area contributed by atoms with Crippen molar-refractivity contribution in [1.29, 1.82) is 0 Å². The van der Waals surface area contributed by atoms with Crippen molar-refractivity contribution in [3.63, 3.8) is 0 Å². The fourth-order valence-corrected chi connectivity index (χ4v) is 2.44.